The van der Waals surface area contributed by atoms with E-state index in [1.165, 1.54) is 38.5 Å². The Bertz CT molecular complexity index is 747. The minimum Gasteiger partial charge on any atom is -0.339 e. The first-order chi connectivity index (χ1) is 14.0. The van der Waals surface area contributed by atoms with Gasteiger partial charge in [-0.15, -0.1) is 0 Å². The highest BCUT2D eigenvalue weighted by Gasteiger charge is 2.51. The van der Waals surface area contributed by atoms with Crippen LogP contribution < -0.4 is 0 Å². The topological polar surface area (TPSA) is 40.6 Å². The van der Waals surface area contributed by atoms with E-state index in [9.17, 15) is 9.59 Å². The fourth-order valence-corrected chi connectivity index (χ4v) is 7.16. The van der Waals surface area contributed by atoms with Gasteiger partial charge in [0.05, 0.1) is 6.42 Å². The highest BCUT2D eigenvalue weighted by atomic mass is 35.5. The smallest absolute Gasteiger partial charge is 0.227 e. The Morgan fingerprint density at radius 1 is 0.828 bits per heavy atom. The summed E-state index contributed by atoms with van der Waals surface area (Å²) in [4.78, 5) is 29.6. The summed E-state index contributed by atoms with van der Waals surface area (Å²) in [6, 6.07) is 7.47. The zero-order valence-electron chi connectivity index (χ0n) is 17.1. The summed E-state index contributed by atoms with van der Waals surface area (Å²) >= 11 is 5.92. The van der Waals surface area contributed by atoms with Crippen molar-refractivity contribution >= 4 is 23.4 Å². The maximum atomic E-state index is 13.1. The predicted molar refractivity (Wildman–Crippen MR) is 114 cm³/mol. The number of piperazine rings is 1. The molecule has 0 spiro atoms. The summed E-state index contributed by atoms with van der Waals surface area (Å²) in [5.74, 6) is 3.13. The predicted octanol–water partition coefficient (Wildman–Crippen LogP) is 4.16. The van der Waals surface area contributed by atoms with Crippen LogP contribution >= 0.6 is 11.6 Å². The number of benzene rings is 1. The summed E-state index contributed by atoms with van der Waals surface area (Å²) in [5, 5.41) is 0.687. The van der Waals surface area contributed by atoms with Crippen molar-refractivity contribution in [3.63, 3.8) is 0 Å². The average Bonchev–Trinajstić information content (AvgIpc) is 2.68. The first-order valence-corrected chi connectivity index (χ1v) is 11.7. The molecule has 5 heteroatoms. The largest absolute Gasteiger partial charge is 0.339 e. The number of hydrogen-bond donors (Lipinski definition) is 0. The Hall–Kier alpha value is -1.55. The number of carbonyl (C=O) groups excluding carboxylic acids is 2. The van der Waals surface area contributed by atoms with Gasteiger partial charge in [-0.1, -0.05) is 23.7 Å². The van der Waals surface area contributed by atoms with Gasteiger partial charge in [0.2, 0.25) is 11.8 Å². The molecule has 1 saturated heterocycles. The molecule has 4 nitrogen and oxygen atoms in total. The van der Waals surface area contributed by atoms with Crippen LogP contribution in [0.4, 0.5) is 0 Å². The molecule has 4 saturated carbocycles. The molecule has 6 rings (SSSR count). The third-order valence-corrected chi connectivity index (χ3v) is 8.20. The standard InChI is InChI=1S/C24H31ClN2O2/c25-21-3-1-17(2-4-21)12-22(28)26-5-7-27(8-6-26)23(29)16-24-13-18-9-19(14-24)11-20(10-18)15-24/h1-4,18-20H,5-16H2. The van der Waals surface area contributed by atoms with Crippen LogP contribution in [0.15, 0.2) is 24.3 Å². The third kappa shape index (κ3) is 4.05. The Morgan fingerprint density at radius 2 is 1.31 bits per heavy atom. The average molecular weight is 415 g/mol. The molecule has 0 aromatic heterocycles. The number of nitrogens with zero attached hydrogens (tertiary/aromatic N) is 2. The van der Waals surface area contributed by atoms with Crippen LogP contribution in [-0.4, -0.2) is 47.8 Å². The molecule has 5 aliphatic rings. The number of amides is 2. The maximum Gasteiger partial charge on any atom is 0.227 e. The van der Waals surface area contributed by atoms with Crippen LogP contribution in [0.2, 0.25) is 5.02 Å². The molecule has 1 aliphatic heterocycles. The van der Waals surface area contributed by atoms with E-state index in [4.69, 9.17) is 11.6 Å². The van der Waals surface area contributed by atoms with Crippen molar-refractivity contribution in [2.24, 2.45) is 23.2 Å². The van der Waals surface area contributed by atoms with E-state index < -0.39 is 0 Å². The van der Waals surface area contributed by atoms with E-state index >= 15 is 0 Å². The molecule has 0 N–H and O–H groups in total. The van der Waals surface area contributed by atoms with Gasteiger partial charge in [0, 0.05) is 37.6 Å². The van der Waals surface area contributed by atoms with Crippen molar-refractivity contribution in [3.05, 3.63) is 34.9 Å². The molecule has 156 valence electrons. The Balaban J connectivity index is 1.13. The molecule has 4 aliphatic carbocycles. The molecule has 2 amide bonds. The highest BCUT2D eigenvalue weighted by Crippen LogP contribution is 2.61. The summed E-state index contributed by atoms with van der Waals surface area (Å²) in [6.45, 7) is 2.66. The van der Waals surface area contributed by atoms with Gasteiger partial charge < -0.3 is 9.80 Å². The molecule has 4 bridgehead atoms. The van der Waals surface area contributed by atoms with Crippen LogP contribution in [0, 0.1) is 23.2 Å². The van der Waals surface area contributed by atoms with Gasteiger partial charge in [0.25, 0.3) is 0 Å². The zero-order chi connectivity index (χ0) is 20.0. The van der Waals surface area contributed by atoms with Gasteiger partial charge in [-0.2, -0.15) is 0 Å². The Labute approximate surface area is 178 Å². The highest BCUT2D eigenvalue weighted by molar-refractivity contribution is 6.30. The monoisotopic (exact) mass is 414 g/mol. The van der Waals surface area contributed by atoms with Gasteiger partial charge in [0.1, 0.15) is 0 Å². The van der Waals surface area contributed by atoms with E-state index in [0.29, 0.717) is 48.9 Å². The number of carbonyl (C=O) groups is 2. The van der Waals surface area contributed by atoms with E-state index in [1.54, 1.807) is 0 Å². The number of halogens is 1. The van der Waals surface area contributed by atoms with E-state index in [2.05, 4.69) is 0 Å². The minimum absolute atomic E-state index is 0.139. The van der Waals surface area contributed by atoms with Crippen molar-refractivity contribution in [1.82, 2.24) is 9.80 Å². The fourth-order valence-electron chi connectivity index (χ4n) is 7.03. The van der Waals surface area contributed by atoms with Crippen LogP contribution in [0.5, 0.6) is 0 Å². The van der Waals surface area contributed by atoms with Crippen molar-refractivity contribution < 1.29 is 9.59 Å². The summed E-state index contributed by atoms with van der Waals surface area (Å²) in [7, 11) is 0. The molecule has 0 atom stereocenters. The zero-order valence-corrected chi connectivity index (χ0v) is 17.9. The number of hydrogen-bond acceptors (Lipinski definition) is 2. The SMILES string of the molecule is O=C(Cc1ccc(Cl)cc1)N1CCN(C(=O)CC23CC4CC(CC(C4)C2)C3)CC1. The first-order valence-electron chi connectivity index (χ1n) is 11.3. The molecular formula is C24H31ClN2O2. The third-order valence-electron chi connectivity index (χ3n) is 7.94. The molecule has 0 unspecified atom stereocenters. The van der Waals surface area contributed by atoms with Crippen LogP contribution in [0.25, 0.3) is 0 Å². The summed E-state index contributed by atoms with van der Waals surface area (Å²) in [6.07, 6.45) is 9.25. The molecule has 1 aromatic rings. The van der Waals surface area contributed by atoms with Gasteiger partial charge >= 0.3 is 0 Å². The van der Waals surface area contributed by atoms with Gasteiger partial charge in [-0.05, 0) is 79.4 Å². The fraction of sp³-hybridized carbons (Fsp3) is 0.667. The van der Waals surface area contributed by atoms with Crippen LogP contribution in [-0.2, 0) is 16.0 Å². The van der Waals surface area contributed by atoms with E-state index in [1.807, 2.05) is 34.1 Å². The lowest BCUT2D eigenvalue weighted by molar-refractivity contribution is -0.144. The lowest BCUT2D eigenvalue weighted by Crippen LogP contribution is -2.53. The van der Waals surface area contributed by atoms with E-state index in [-0.39, 0.29) is 5.91 Å². The molecular weight excluding hydrogens is 384 g/mol. The normalized spacial score (nSPS) is 33.2. The minimum atomic E-state index is 0.139. The molecule has 0 radical (unpaired) electrons. The van der Waals surface area contributed by atoms with Crippen molar-refractivity contribution in [1.29, 1.82) is 0 Å². The maximum absolute atomic E-state index is 13.1. The molecule has 1 heterocycles. The van der Waals surface area contributed by atoms with Crippen molar-refractivity contribution in [3.8, 4) is 0 Å². The molecule has 1 aromatic carbocycles. The van der Waals surface area contributed by atoms with Gasteiger partial charge in [-0.25, -0.2) is 0 Å². The quantitative estimate of drug-likeness (QED) is 0.742. The van der Waals surface area contributed by atoms with E-state index in [0.717, 1.165) is 29.7 Å². The first kappa shape index (κ1) is 19.4. The Kier molecular flexibility index (Phi) is 5.09. The van der Waals surface area contributed by atoms with Gasteiger partial charge in [0.15, 0.2) is 0 Å². The Morgan fingerprint density at radius 3 is 1.83 bits per heavy atom. The van der Waals surface area contributed by atoms with Crippen molar-refractivity contribution in [2.45, 2.75) is 51.4 Å². The second kappa shape index (κ2) is 7.61. The summed E-state index contributed by atoms with van der Waals surface area (Å²) < 4.78 is 0. The number of rotatable bonds is 4. The van der Waals surface area contributed by atoms with Crippen molar-refractivity contribution in [2.75, 3.05) is 26.2 Å². The van der Waals surface area contributed by atoms with Crippen LogP contribution in [0.1, 0.15) is 50.5 Å². The molecule has 29 heavy (non-hydrogen) atoms. The second-order valence-electron chi connectivity index (χ2n) is 10.2. The molecule has 5 fully saturated rings. The van der Waals surface area contributed by atoms with Gasteiger partial charge in [-0.3, -0.25) is 9.59 Å². The van der Waals surface area contributed by atoms with Crippen LogP contribution in [0.3, 0.4) is 0 Å². The lowest BCUT2D eigenvalue weighted by atomic mass is 9.49. The summed E-state index contributed by atoms with van der Waals surface area (Å²) in [5.41, 5.74) is 1.28. The lowest BCUT2D eigenvalue weighted by Gasteiger charge is -2.57. The second-order valence-corrected chi connectivity index (χ2v) is 10.6.